The largest absolute Gasteiger partial charge is 0.497 e. The van der Waals surface area contributed by atoms with Gasteiger partial charge in [0.05, 0.1) is 18.1 Å². The van der Waals surface area contributed by atoms with E-state index in [0.29, 0.717) is 5.02 Å². The van der Waals surface area contributed by atoms with Crippen molar-refractivity contribution in [3.05, 3.63) is 74.8 Å². The van der Waals surface area contributed by atoms with Crippen LogP contribution >= 0.6 is 11.6 Å². The number of hydrogen-bond donors (Lipinski definition) is 1. The quantitative estimate of drug-likeness (QED) is 0.473. The first-order valence-electron chi connectivity index (χ1n) is 8.13. The normalized spacial score (nSPS) is 23.5. The average molecular weight is 357 g/mol. The highest BCUT2D eigenvalue weighted by atomic mass is 35.5. The van der Waals surface area contributed by atoms with Gasteiger partial charge in [0.15, 0.2) is 0 Å². The molecule has 1 aliphatic carbocycles. The van der Waals surface area contributed by atoms with Crippen molar-refractivity contribution < 1.29 is 9.66 Å². The number of allylic oxidation sites excluding steroid dienone is 2. The minimum atomic E-state index is -0.383. The molecule has 6 heteroatoms. The van der Waals surface area contributed by atoms with Gasteiger partial charge in [-0.3, -0.25) is 10.1 Å². The molecule has 0 aromatic heterocycles. The number of rotatable bonds is 3. The van der Waals surface area contributed by atoms with Crippen LogP contribution in [0, 0.1) is 16.0 Å². The summed E-state index contributed by atoms with van der Waals surface area (Å²) < 4.78 is 5.35. The summed E-state index contributed by atoms with van der Waals surface area (Å²) in [5.41, 5.74) is 3.04. The van der Waals surface area contributed by atoms with Crippen LogP contribution in [0.2, 0.25) is 5.02 Å². The van der Waals surface area contributed by atoms with E-state index in [1.54, 1.807) is 19.2 Å². The molecule has 4 rings (SSSR count). The van der Waals surface area contributed by atoms with E-state index in [9.17, 15) is 10.1 Å². The molecule has 2 aromatic carbocycles. The number of nitro groups is 1. The molecule has 5 nitrogen and oxygen atoms in total. The minimum absolute atomic E-state index is 0.0595. The maximum Gasteiger partial charge on any atom is 0.269 e. The van der Waals surface area contributed by atoms with Crippen molar-refractivity contribution >= 4 is 23.0 Å². The lowest BCUT2D eigenvalue weighted by Gasteiger charge is -2.37. The molecular weight excluding hydrogens is 340 g/mol. The Bertz CT molecular complexity index is 881. The van der Waals surface area contributed by atoms with Crippen molar-refractivity contribution in [1.82, 2.24) is 0 Å². The topological polar surface area (TPSA) is 64.4 Å². The molecule has 0 radical (unpaired) electrons. The van der Waals surface area contributed by atoms with Crippen molar-refractivity contribution in [1.29, 1.82) is 0 Å². The van der Waals surface area contributed by atoms with E-state index in [4.69, 9.17) is 16.3 Å². The van der Waals surface area contributed by atoms with Gasteiger partial charge in [-0.15, -0.1) is 0 Å². The third kappa shape index (κ3) is 2.65. The number of fused-ring (bicyclic) bond motifs is 3. The van der Waals surface area contributed by atoms with Crippen molar-refractivity contribution in [3.63, 3.8) is 0 Å². The molecule has 0 saturated heterocycles. The zero-order valence-corrected chi connectivity index (χ0v) is 14.4. The molecule has 1 N–H and O–H groups in total. The minimum Gasteiger partial charge on any atom is -0.497 e. The summed E-state index contributed by atoms with van der Waals surface area (Å²) in [4.78, 5) is 10.8. The van der Waals surface area contributed by atoms with Crippen LogP contribution in [0.5, 0.6) is 5.75 Å². The van der Waals surface area contributed by atoms with Gasteiger partial charge in [0.2, 0.25) is 0 Å². The number of ether oxygens (including phenoxy) is 1. The van der Waals surface area contributed by atoms with E-state index in [1.807, 2.05) is 12.1 Å². The van der Waals surface area contributed by atoms with Crippen molar-refractivity contribution in [2.24, 2.45) is 5.92 Å². The number of non-ortho nitro benzene ring substituents is 1. The molecule has 0 spiro atoms. The Balaban J connectivity index is 1.80. The highest BCUT2D eigenvalue weighted by Gasteiger charge is 2.39. The molecule has 0 fully saturated rings. The lowest BCUT2D eigenvalue weighted by atomic mass is 9.77. The van der Waals surface area contributed by atoms with Crippen LogP contribution in [-0.4, -0.2) is 12.0 Å². The molecule has 25 heavy (non-hydrogen) atoms. The maximum absolute atomic E-state index is 11.2. The van der Waals surface area contributed by atoms with E-state index in [0.717, 1.165) is 23.4 Å². The number of nitro benzene ring substituents is 1. The van der Waals surface area contributed by atoms with Gasteiger partial charge in [0.1, 0.15) is 5.75 Å². The Hall–Kier alpha value is -2.53. The summed E-state index contributed by atoms with van der Waals surface area (Å²) in [6, 6.07) is 10.5. The lowest BCUT2D eigenvalue weighted by Crippen LogP contribution is -2.29. The van der Waals surface area contributed by atoms with Crippen LogP contribution in [0.3, 0.4) is 0 Å². The predicted molar refractivity (Wildman–Crippen MR) is 97.5 cm³/mol. The monoisotopic (exact) mass is 356 g/mol. The molecule has 3 unspecified atom stereocenters. The van der Waals surface area contributed by atoms with E-state index in [1.165, 1.54) is 11.6 Å². The van der Waals surface area contributed by atoms with Crippen molar-refractivity contribution in [2.45, 2.75) is 18.4 Å². The van der Waals surface area contributed by atoms with Crippen LogP contribution in [0.1, 0.15) is 29.5 Å². The van der Waals surface area contributed by atoms with E-state index >= 15 is 0 Å². The van der Waals surface area contributed by atoms with Gasteiger partial charge in [0, 0.05) is 34.3 Å². The fourth-order valence-electron chi connectivity index (χ4n) is 3.89. The zero-order valence-electron chi connectivity index (χ0n) is 13.6. The third-order valence-corrected chi connectivity index (χ3v) is 5.44. The molecule has 0 bridgehead atoms. The predicted octanol–water partition coefficient (Wildman–Crippen LogP) is 5.08. The third-order valence-electron chi connectivity index (χ3n) is 5.10. The van der Waals surface area contributed by atoms with E-state index < -0.39 is 0 Å². The van der Waals surface area contributed by atoms with Crippen LogP contribution in [0.4, 0.5) is 11.4 Å². The molecule has 1 heterocycles. The first-order chi connectivity index (χ1) is 12.1. The Labute approximate surface area is 150 Å². The molecule has 1 aliphatic heterocycles. The second-order valence-electron chi connectivity index (χ2n) is 6.39. The van der Waals surface area contributed by atoms with Gasteiger partial charge in [-0.05, 0) is 42.2 Å². The van der Waals surface area contributed by atoms with Crippen LogP contribution in [0.25, 0.3) is 0 Å². The number of halogens is 1. The van der Waals surface area contributed by atoms with Gasteiger partial charge in [-0.25, -0.2) is 0 Å². The number of hydrogen-bond acceptors (Lipinski definition) is 4. The number of anilines is 1. The summed E-state index contributed by atoms with van der Waals surface area (Å²) in [5.74, 6) is 1.33. The standard InChI is InChI=1S/C19H17ClN2O3/c1-25-12-6-8-18-15(10-12)13-3-2-4-14(13)19(21-18)16-9-11(22(23)24)5-7-17(16)20/h2-3,5-10,13-14,19,21H,4H2,1H3. The molecule has 128 valence electrons. The molecular formula is C19H17ClN2O3. The lowest BCUT2D eigenvalue weighted by molar-refractivity contribution is -0.384. The molecule has 2 aromatic rings. The maximum atomic E-state index is 11.2. The van der Waals surface area contributed by atoms with Crippen LogP contribution in [-0.2, 0) is 0 Å². The highest BCUT2D eigenvalue weighted by Crippen LogP contribution is 2.51. The zero-order chi connectivity index (χ0) is 17.6. The highest BCUT2D eigenvalue weighted by molar-refractivity contribution is 6.31. The number of nitrogens with one attached hydrogen (secondary N) is 1. The molecule has 2 aliphatic rings. The van der Waals surface area contributed by atoms with Gasteiger partial charge >= 0.3 is 0 Å². The van der Waals surface area contributed by atoms with Gasteiger partial charge in [-0.2, -0.15) is 0 Å². The molecule has 0 saturated carbocycles. The SMILES string of the molecule is COc1ccc2c(c1)C1C=CCC1C(c1cc([N+](=O)[O-])ccc1Cl)N2. The Morgan fingerprint density at radius 1 is 1.24 bits per heavy atom. The average Bonchev–Trinajstić information content (AvgIpc) is 3.11. The van der Waals surface area contributed by atoms with Crippen LogP contribution < -0.4 is 10.1 Å². The van der Waals surface area contributed by atoms with E-state index in [-0.39, 0.29) is 28.5 Å². The van der Waals surface area contributed by atoms with Crippen LogP contribution in [0.15, 0.2) is 48.6 Å². The van der Waals surface area contributed by atoms with Crippen molar-refractivity contribution in [3.8, 4) is 5.75 Å². The summed E-state index contributed by atoms with van der Waals surface area (Å²) in [6.45, 7) is 0. The van der Waals surface area contributed by atoms with E-state index in [2.05, 4.69) is 23.5 Å². The Morgan fingerprint density at radius 3 is 2.84 bits per heavy atom. The summed E-state index contributed by atoms with van der Waals surface area (Å²) >= 11 is 6.40. The number of methoxy groups -OCH3 is 1. The second kappa shape index (κ2) is 6.08. The fraction of sp³-hybridized carbons (Fsp3) is 0.263. The van der Waals surface area contributed by atoms with Crippen molar-refractivity contribution in [2.75, 3.05) is 12.4 Å². The number of nitrogens with zero attached hydrogens (tertiary/aromatic N) is 1. The fourth-order valence-corrected chi connectivity index (χ4v) is 4.13. The second-order valence-corrected chi connectivity index (χ2v) is 6.80. The Morgan fingerprint density at radius 2 is 2.08 bits per heavy atom. The van der Waals surface area contributed by atoms with Gasteiger partial charge in [-0.1, -0.05) is 23.8 Å². The first-order valence-corrected chi connectivity index (χ1v) is 8.51. The first kappa shape index (κ1) is 16.0. The summed E-state index contributed by atoms with van der Waals surface area (Å²) in [7, 11) is 1.66. The van der Waals surface area contributed by atoms with Gasteiger partial charge < -0.3 is 10.1 Å². The molecule has 3 atom stereocenters. The number of benzene rings is 2. The smallest absolute Gasteiger partial charge is 0.269 e. The summed E-state index contributed by atoms with van der Waals surface area (Å²) in [5, 5.41) is 15.2. The molecule has 0 amide bonds. The summed E-state index contributed by atoms with van der Waals surface area (Å²) in [6.07, 6.45) is 5.28. The Kier molecular flexibility index (Phi) is 3.88. The van der Waals surface area contributed by atoms with Gasteiger partial charge in [0.25, 0.3) is 5.69 Å².